The van der Waals surface area contributed by atoms with Crippen LogP contribution in [0.1, 0.15) is 42.2 Å². The van der Waals surface area contributed by atoms with Crippen molar-refractivity contribution in [2.24, 2.45) is 0 Å². The van der Waals surface area contributed by atoms with Crippen LogP contribution in [-0.2, 0) is 0 Å². The average Bonchev–Trinajstić information content (AvgIpc) is 2.70. The second-order valence-corrected chi connectivity index (χ2v) is 6.04. The van der Waals surface area contributed by atoms with Gasteiger partial charge in [-0.25, -0.2) is 0 Å². The Morgan fingerprint density at radius 2 is 1.67 bits per heavy atom. The second kappa shape index (κ2) is 7.69. The summed E-state index contributed by atoms with van der Waals surface area (Å²) in [5.41, 5.74) is 1.03. The van der Waals surface area contributed by atoms with Crippen molar-refractivity contribution in [3.05, 3.63) is 64.2 Å². The van der Waals surface area contributed by atoms with Gasteiger partial charge in [-0.15, -0.1) is 0 Å². The number of rotatable bonds is 6. The molecule has 7 heteroatoms. The Morgan fingerprint density at radius 1 is 0.963 bits per heavy atom. The first kappa shape index (κ1) is 18.8. The van der Waals surface area contributed by atoms with Gasteiger partial charge in [-0.1, -0.05) is 12.1 Å². The highest BCUT2D eigenvalue weighted by atomic mass is 16.5. The van der Waals surface area contributed by atoms with Crippen LogP contribution in [0.25, 0.3) is 0 Å². The van der Waals surface area contributed by atoms with Gasteiger partial charge in [-0.05, 0) is 24.3 Å². The minimum absolute atomic E-state index is 0.0589. The molecule has 1 aliphatic rings. The normalized spacial score (nSPS) is 12.4. The number of hydrogen-bond acceptors (Lipinski definition) is 6. The van der Waals surface area contributed by atoms with E-state index in [1.807, 2.05) is 0 Å². The maximum atomic E-state index is 12.9. The van der Waals surface area contributed by atoms with Gasteiger partial charge in [0.15, 0.2) is 11.6 Å². The zero-order valence-corrected chi connectivity index (χ0v) is 14.8. The zero-order chi connectivity index (χ0) is 19.6. The summed E-state index contributed by atoms with van der Waals surface area (Å²) >= 11 is 0. The molecule has 7 nitrogen and oxygen atoms in total. The average molecular weight is 369 g/mol. The summed E-state index contributed by atoms with van der Waals surface area (Å²) in [6.45, 7) is -0.380. The number of carbonyl (C=O) groups is 3. The SMILES string of the molecule is COc1cccc2c1C(=O)c1ccc(C(=O)N(CCO)CCO)cc1C2=O. The molecule has 27 heavy (non-hydrogen) atoms. The van der Waals surface area contributed by atoms with Gasteiger partial charge in [0, 0.05) is 35.3 Å². The van der Waals surface area contributed by atoms with E-state index in [1.54, 1.807) is 18.2 Å². The van der Waals surface area contributed by atoms with E-state index >= 15 is 0 Å². The lowest BCUT2D eigenvalue weighted by Gasteiger charge is -2.23. The standard InChI is InChI=1S/C20H19NO6/c1-27-16-4-2-3-14-17(16)19(25)13-6-5-12(11-15(13)18(14)24)20(26)21(7-9-22)8-10-23/h2-6,11,22-23H,7-10H2,1H3. The first-order chi connectivity index (χ1) is 13.0. The molecule has 0 atom stereocenters. The van der Waals surface area contributed by atoms with E-state index in [2.05, 4.69) is 0 Å². The Hall–Kier alpha value is -3.03. The van der Waals surface area contributed by atoms with Crippen LogP contribution in [0.4, 0.5) is 0 Å². The summed E-state index contributed by atoms with van der Waals surface area (Å²) in [4.78, 5) is 39.7. The molecule has 0 fully saturated rings. The van der Waals surface area contributed by atoms with E-state index in [-0.39, 0.29) is 65.7 Å². The van der Waals surface area contributed by atoms with E-state index in [1.165, 1.54) is 30.2 Å². The fraction of sp³-hybridized carbons (Fsp3) is 0.250. The number of benzene rings is 2. The monoisotopic (exact) mass is 369 g/mol. The van der Waals surface area contributed by atoms with Crippen LogP contribution in [-0.4, -0.2) is 66.0 Å². The molecule has 2 aromatic rings. The Kier molecular flexibility index (Phi) is 5.34. The fourth-order valence-corrected chi connectivity index (χ4v) is 3.21. The van der Waals surface area contributed by atoms with E-state index < -0.39 is 5.91 Å². The molecule has 0 aromatic heterocycles. The molecule has 0 spiro atoms. The molecule has 0 aliphatic heterocycles. The number of ether oxygens (including phenoxy) is 1. The zero-order valence-electron chi connectivity index (χ0n) is 14.8. The predicted octanol–water partition coefficient (Wildman–Crippen LogP) is 0.897. The first-order valence-corrected chi connectivity index (χ1v) is 8.45. The van der Waals surface area contributed by atoms with Crippen LogP contribution < -0.4 is 4.74 Å². The molecular formula is C20H19NO6. The van der Waals surface area contributed by atoms with Crippen LogP contribution in [0, 0.1) is 0 Å². The molecule has 2 N–H and O–H groups in total. The number of nitrogens with zero attached hydrogens (tertiary/aromatic N) is 1. The number of carbonyl (C=O) groups excluding carboxylic acids is 3. The van der Waals surface area contributed by atoms with Crippen LogP contribution in [0.3, 0.4) is 0 Å². The number of aliphatic hydroxyl groups excluding tert-OH is 2. The number of aliphatic hydroxyl groups is 2. The predicted molar refractivity (Wildman–Crippen MR) is 96.4 cm³/mol. The smallest absolute Gasteiger partial charge is 0.254 e. The van der Waals surface area contributed by atoms with Crippen molar-refractivity contribution in [3.8, 4) is 5.75 Å². The molecule has 0 saturated heterocycles. The van der Waals surface area contributed by atoms with Crippen LogP contribution >= 0.6 is 0 Å². The van der Waals surface area contributed by atoms with Gasteiger partial charge in [0.05, 0.1) is 25.9 Å². The lowest BCUT2D eigenvalue weighted by Crippen LogP contribution is -2.36. The third-order valence-corrected chi connectivity index (χ3v) is 4.50. The van der Waals surface area contributed by atoms with Crippen molar-refractivity contribution in [2.75, 3.05) is 33.4 Å². The minimum atomic E-state index is -0.433. The van der Waals surface area contributed by atoms with Gasteiger partial charge in [-0.3, -0.25) is 14.4 Å². The van der Waals surface area contributed by atoms with Gasteiger partial charge in [0.25, 0.3) is 5.91 Å². The van der Waals surface area contributed by atoms with Gasteiger partial charge >= 0.3 is 0 Å². The Bertz CT molecular complexity index is 915. The molecule has 0 radical (unpaired) electrons. The maximum absolute atomic E-state index is 12.9. The molecule has 1 amide bonds. The number of amides is 1. The summed E-state index contributed by atoms with van der Waals surface area (Å²) in [5.74, 6) is -0.797. The lowest BCUT2D eigenvalue weighted by atomic mass is 9.83. The summed E-state index contributed by atoms with van der Waals surface area (Å²) in [6.07, 6.45) is 0. The third kappa shape index (κ3) is 3.22. The lowest BCUT2D eigenvalue weighted by molar-refractivity contribution is 0.0684. The van der Waals surface area contributed by atoms with E-state index in [4.69, 9.17) is 14.9 Å². The number of ketones is 2. The van der Waals surface area contributed by atoms with Gasteiger partial charge in [0.2, 0.25) is 0 Å². The molecule has 2 aromatic carbocycles. The molecule has 1 aliphatic carbocycles. The number of methoxy groups -OCH3 is 1. The van der Waals surface area contributed by atoms with Gasteiger partial charge in [0.1, 0.15) is 5.75 Å². The van der Waals surface area contributed by atoms with E-state index in [0.29, 0.717) is 5.75 Å². The maximum Gasteiger partial charge on any atom is 0.254 e. The van der Waals surface area contributed by atoms with E-state index in [9.17, 15) is 14.4 Å². The van der Waals surface area contributed by atoms with Crippen LogP contribution in [0.15, 0.2) is 36.4 Å². The van der Waals surface area contributed by atoms with Crippen molar-refractivity contribution in [2.45, 2.75) is 0 Å². The van der Waals surface area contributed by atoms with Gasteiger partial charge < -0.3 is 19.8 Å². The van der Waals surface area contributed by atoms with E-state index in [0.717, 1.165) is 0 Å². The quantitative estimate of drug-likeness (QED) is 0.669. The van der Waals surface area contributed by atoms with Crippen molar-refractivity contribution in [3.63, 3.8) is 0 Å². The first-order valence-electron chi connectivity index (χ1n) is 8.45. The molecule has 0 heterocycles. The highest BCUT2D eigenvalue weighted by molar-refractivity contribution is 6.29. The van der Waals surface area contributed by atoms with Crippen LogP contribution in [0.5, 0.6) is 5.75 Å². The van der Waals surface area contributed by atoms with Crippen molar-refractivity contribution < 1.29 is 29.3 Å². The highest BCUT2D eigenvalue weighted by Crippen LogP contribution is 2.33. The second-order valence-electron chi connectivity index (χ2n) is 6.04. The van der Waals surface area contributed by atoms with Crippen molar-refractivity contribution >= 4 is 17.5 Å². The van der Waals surface area contributed by atoms with Crippen molar-refractivity contribution in [1.29, 1.82) is 0 Å². The summed E-state index contributed by atoms with van der Waals surface area (Å²) in [7, 11) is 1.43. The largest absolute Gasteiger partial charge is 0.496 e. The Balaban J connectivity index is 2.04. The molecule has 140 valence electrons. The summed E-state index contributed by atoms with van der Waals surface area (Å²) in [6, 6.07) is 9.12. The van der Waals surface area contributed by atoms with Gasteiger partial charge in [-0.2, -0.15) is 0 Å². The van der Waals surface area contributed by atoms with Crippen molar-refractivity contribution in [1.82, 2.24) is 4.90 Å². The number of hydrogen-bond donors (Lipinski definition) is 2. The summed E-state index contributed by atoms with van der Waals surface area (Å²) in [5, 5.41) is 18.2. The Labute approximate surface area is 155 Å². The van der Waals surface area contributed by atoms with Crippen LogP contribution in [0.2, 0.25) is 0 Å². The molecule has 0 unspecified atom stereocenters. The molecule has 0 bridgehead atoms. The molecular weight excluding hydrogens is 350 g/mol. The Morgan fingerprint density at radius 3 is 2.30 bits per heavy atom. The highest BCUT2D eigenvalue weighted by Gasteiger charge is 2.33. The summed E-state index contributed by atoms with van der Waals surface area (Å²) < 4.78 is 5.21. The minimum Gasteiger partial charge on any atom is -0.496 e. The molecule has 0 saturated carbocycles. The number of fused-ring (bicyclic) bond motifs is 2. The third-order valence-electron chi connectivity index (χ3n) is 4.50. The topological polar surface area (TPSA) is 104 Å². The molecule has 3 rings (SSSR count). The fourth-order valence-electron chi connectivity index (χ4n) is 3.21.